The summed E-state index contributed by atoms with van der Waals surface area (Å²) in [5, 5.41) is 10.5. The lowest BCUT2D eigenvalue weighted by Gasteiger charge is -2.08. The number of carbonyl (C=O) groups is 1. The molecule has 0 aliphatic carbocycles. The van der Waals surface area contributed by atoms with Crippen molar-refractivity contribution in [1.29, 1.82) is 0 Å². The maximum absolute atomic E-state index is 12.9. The van der Waals surface area contributed by atoms with Crippen LogP contribution in [0.15, 0.2) is 85.1 Å². The van der Waals surface area contributed by atoms with Gasteiger partial charge < -0.3 is 5.32 Å². The first-order valence-corrected chi connectivity index (χ1v) is 9.40. The van der Waals surface area contributed by atoms with Gasteiger partial charge in [-0.3, -0.25) is 4.79 Å². The molecule has 5 heteroatoms. The highest BCUT2D eigenvalue weighted by molar-refractivity contribution is 6.13. The van der Waals surface area contributed by atoms with Crippen LogP contribution in [0.3, 0.4) is 0 Å². The van der Waals surface area contributed by atoms with Gasteiger partial charge in [0, 0.05) is 10.9 Å². The van der Waals surface area contributed by atoms with E-state index in [2.05, 4.69) is 15.4 Å². The molecule has 0 fully saturated rings. The number of hydrogen-bond acceptors (Lipinski definition) is 3. The number of hydrogen-bond donors (Lipinski definition) is 1. The van der Waals surface area contributed by atoms with E-state index < -0.39 is 0 Å². The van der Waals surface area contributed by atoms with Crippen LogP contribution < -0.4 is 5.32 Å². The Labute approximate surface area is 167 Å². The molecular weight excluding hydrogens is 360 g/mol. The summed E-state index contributed by atoms with van der Waals surface area (Å²) in [4.78, 5) is 17.5. The number of nitrogens with one attached hydrogen (secondary N) is 1. The molecule has 0 bridgehead atoms. The lowest BCUT2D eigenvalue weighted by atomic mass is 10.0. The van der Waals surface area contributed by atoms with E-state index in [0.717, 1.165) is 33.2 Å². The van der Waals surface area contributed by atoms with Gasteiger partial charge in [-0.1, -0.05) is 54.6 Å². The van der Waals surface area contributed by atoms with E-state index in [4.69, 9.17) is 0 Å². The molecule has 0 atom stereocenters. The highest BCUT2D eigenvalue weighted by Gasteiger charge is 2.14. The minimum absolute atomic E-state index is 0.156. The van der Waals surface area contributed by atoms with E-state index in [9.17, 15) is 4.79 Å². The Bertz CT molecular complexity index is 1350. The van der Waals surface area contributed by atoms with Gasteiger partial charge in [0.05, 0.1) is 23.3 Å². The summed E-state index contributed by atoms with van der Waals surface area (Å²) in [7, 11) is 0. The van der Waals surface area contributed by atoms with Crippen molar-refractivity contribution in [2.75, 3.05) is 5.32 Å². The molecule has 5 rings (SSSR count). The second kappa shape index (κ2) is 6.87. The van der Waals surface area contributed by atoms with Crippen LogP contribution in [0.2, 0.25) is 0 Å². The van der Waals surface area contributed by atoms with E-state index in [1.807, 2.05) is 90.5 Å². The molecular formula is C24H18N4O. The van der Waals surface area contributed by atoms with Gasteiger partial charge in [0.1, 0.15) is 0 Å². The zero-order chi connectivity index (χ0) is 19.8. The number of benzene rings is 3. The fraction of sp³-hybridized carbons (Fsp3) is 0.0417. The third kappa shape index (κ3) is 3.02. The maximum atomic E-state index is 12.9. The average molecular weight is 378 g/mol. The molecule has 1 N–H and O–H groups in total. The summed E-state index contributed by atoms with van der Waals surface area (Å²) >= 11 is 0. The van der Waals surface area contributed by atoms with Crippen molar-refractivity contribution in [2.24, 2.45) is 0 Å². The van der Waals surface area contributed by atoms with E-state index in [1.165, 1.54) is 0 Å². The van der Waals surface area contributed by atoms with E-state index in [0.29, 0.717) is 11.3 Å². The minimum atomic E-state index is -0.156. The van der Waals surface area contributed by atoms with Crippen molar-refractivity contribution in [3.8, 4) is 5.69 Å². The number of carbonyl (C=O) groups excluding carboxylic acids is 1. The van der Waals surface area contributed by atoms with Gasteiger partial charge in [-0.05, 0) is 42.0 Å². The molecule has 3 aromatic carbocycles. The van der Waals surface area contributed by atoms with Crippen molar-refractivity contribution in [3.63, 3.8) is 0 Å². The molecule has 2 heterocycles. The molecule has 29 heavy (non-hydrogen) atoms. The smallest absolute Gasteiger partial charge is 0.256 e. The number of fused-ring (bicyclic) bond motifs is 2. The second-order valence-corrected chi connectivity index (χ2v) is 6.91. The normalized spacial score (nSPS) is 11.1. The lowest BCUT2D eigenvalue weighted by Crippen LogP contribution is -2.12. The van der Waals surface area contributed by atoms with E-state index >= 15 is 0 Å². The fourth-order valence-corrected chi connectivity index (χ4v) is 3.58. The van der Waals surface area contributed by atoms with Gasteiger partial charge >= 0.3 is 0 Å². The van der Waals surface area contributed by atoms with Gasteiger partial charge in [0.15, 0.2) is 5.65 Å². The summed E-state index contributed by atoms with van der Waals surface area (Å²) < 4.78 is 1.82. The Hall–Kier alpha value is -3.99. The number of nitrogens with zero attached hydrogens (tertiary/aromatic N) is 3. The molecule has 5 aromatic rings. The third-order valence-corrected chi connectivity index (χ3v) is 5.00. The largest absolute Gasteiger partial charge is 0.321 e. The van der Waals surface area contributed by atoms with Crippen LogP contribution in [-0.4, -0.2) is 20.7 Å². The van der Waals surface area contributed by atoms with Gasteiger partial charge in [-0.25, -0.2) is 9.67 Å². The van der Waals surface area contributed by atoms with Gasteiger partial charge in [-0.15, -0.1) is 0 Å². The molecule has 2 aromatic heterocycles. The zero-order valence-electron chi connectivity index (χ0n) is 15.8. The summed E-state index contributed by atoms with van der Waals surface area (Å²) in [6.45, 7) is 1.94. The molecule has 0 unspecified atom stereocenters. The van der Waals surface area contributed by atoms with Crippen molar-refractivity contribution >= 4 is 33.4 Å². The van der Waals surface area contributed by atoms with Crippen molar-refractivity contribution in [2.45, 2.75) is 6.92 Å². The zero-order valence-corrected chi connectivity index (χ0v) is 15.8. The average Bonchev–Trinajstić information content (AvgIpc) is 3.10. The van der Waals surface area contributed by atoms with Crippen molar-refractivity contribution in [1.82, 2.24) is 14.8 Å². The molecule has 1 amide bonds. The van der Waals surface area contributed by atoms with Crippen LogP contribution in [0.5, 0.6) is 0 Å². The Morgan fingerprint density at radius 1 is 0.897 bits per heavy atom. The Balaban J connectivity index is 1.51. The fourth-order valence-electron chi connectivity index (χ4n) is 3.58. The van der Waals surface area contributed by atoms with Gasteiger partial charge in [0.25, 0.3) is 5.91 Å². The predicted octanol–water partition coefficient (Wildman–Crippen LogP) is 5.13. The third-order valence-electron chi connectivity index (χ3n) is 5.00. The summed E-state index contributed by atoms with van der Waals surface area (Å²) in [5.41, 5.74) is 3.85. The second-order valence-electron chi connectivity index (χ2n) is 6.91. The van der Waals surface area contributed by atoms with Crippen LogP contribution in [0.25, 0.3) is 27.5 Å². The summed E-state index contributed by atoms with van der Waals surface area (Å²) in [6.07, 6.45) is 1.67. The number of aromatic nitrogens is 3. The first-order valence-electron chi connectivity index (χ1n) is 9.40. The molecule has 0 aliphatic rings. The summed E-state index contributed by atoms with van der Waals surface area (Å²) in [5.74, 6) is -0.156. The van der Waals surface area contributed by atoms with Crippen LogP contribution >= 0.6 is 0 Å². The predicted molar refractivity (Wildman–Crippen MR) is 116 cm³/mol. The lowest BCUT2D eigenvalue weighted by molar-refractivity contribution is 0.102. The van der Waals surface area contributed by atoms with Crippen LogP contribution in [0.4, 0.5) is 5.69 Å². The highest BCUT2D eigenvalue weighted by Crippen LogP contribution is 2.24. The van der Waals surface area contributed by atoms with E-state index in [1.54, 1.807) is 6.20 Å². The van der Waals surface area contributed by atoms with Crippen LogP contribution in [0.1, 0.15) is 16.1 Å². The van der Waals surface area contributed by atoms with Crippen molar-refractivity contribution in [3.05, 3.63) is 96.3 Å². The molecule has 0 saturated heterocycles. The first-order chi connectivity index (χ1) is 14.2. The Kier molecular flexibility index (Phi) is 4.06. The van der Waals surface area contributed by atoms with E-state index in [-0.39, 0.29) is 5.91 Å². The molecule has 140 valence electrons. The monoisotopic (exact) mass is 378 g/mol. The number of pyridine rings is 1. The molecule has 0 saturated carbocycles. The van der Waals surface area contributed by atoms with Gasteiger partial charge in [0.2, 0.25) is 0 Å². The van der Waals surface area contributed by atoms with Crippen LogP contribution in [0, 0.1) is 6.92 Å². The number of amides is 1. The Morgan fingerprint density at radius 3 is 2.52 bits per heavy atom. The molecule has 0 aliphatic heterocycles. The molecule has 0 radical (unpaired) electrons. The highest BCUT2D eigenvalue weighted by atomic mass is 16.1. The number of anilines is 1. The maximum Gasteiger partial charge on any atom is 0.256 e. The number of rotatable bonds is 3. The van der Waals surface area contributed by atoms with Crippen molar-refractivity contribution < 1.29 is 4.79 Å². The molecule has 5 nitrogen and oxygen atoms in total. The minimum Gasteiger partial charge on any atom is -0.321 e. The summed E-state index contributed by atoms with van der Waals surface area (Å²) in [6, 6.07) is 25.4. The SMILES string of the molecule is Cc1nn(-c2ccccc2)c2ncc(NC(=O)c3cccc4ccccc34)cc12. The van der Waals surface area contributed by atoms with Crippen LogP contribution in [-0.2, 0) is 0 Å². The first kappa shape index (κ1) is 17.1. The Morgan fingerprint density at radius 2 is 1.66 bits per heavy atom. The molecule has 0 spiro atoms. The number of aryl methyl sites for hydroxylation is 1. The standard InChI is InChI=1S/C24H18N4O/c1-16-22-14-18(15-25-23(22)28(27-16)19-10-3-2-4-11-19)26-24(29)21-13-7-9-17-8-5-6-12-20(17)21/h2-15H,1H3,(H,26,29). The van der Waals surface area contributed by atoms with Gasteiger partial charge in [-0.2, -0.15) is 5.10 Å². The quantitative estimate of drug-likeness (QED) is 0.473. The topological polar surface area (TPSA) is 59.8 Å². The number of para-hydroxylation sites is 1.